The molecule has 6 heteroatoms. The summed E-state index contributed by atoms with van der Waals surface area (Å²) in [6.07, 6.45) is 0.122. The van der Waals surface area contributed by atoms with E-state index in [2.05, 4.69) is 4.98 Å². The van der Waals surface area contributed by atoms with Crippen molar-refractivity contribution in [3.63, 3.8) is 0 Å². The first-order chi connectivity index (χ1) is 12.0. The number of likely N-dealkylation sites (N-methyl/N-ethyl adjacent to an activating group) is 1. The van der Waals surface area contributed by atoms with E-state index in [1.165, 1.54) is 34.4 Å². The minimum Gasteiger partial charge on any atom is -0.341 e. The highest BCUT2D eigenvalue weighted by molar-refractivity contribution is 7.13. The number of nitrogens with zero attached hydrogens (tertiary/aromatic N) is 2. The Morgan fingerprint density at radius 2 is 1.96 bits per heavy atom. The Labute approximate surface area is 148 Å². The molecule has 1 heterocycles. The molecule has 0 saturated heterocycles. The molecule has 0 spiro atoms. The number of amides is 1. The third-order valence-electron chi connectivity index (χ3n) is 3.75. The van der Waals surface area contributed by atoms with Gasteiger partial charge in [0.15, 0.2) is 0 Å². The first kappa shape index (κ1) is 17.2. The molecule has 0 N–H and O–H groups in total. The molecule has 2 aromatic carbocycles. The fraction of sp³-hybridized carbons (Fsp3) is 0.158. The van der Waals surface area contributed by atoms with Crippen LogP contribution in [0.1, 0.15) is 11.3 Å². The van der Waals surface area contributed by atoms with Crippen LogP contribution in [0.15, 0.2) is 53.9 Å². The topological polar surface area (TPSA) is 33.2 Å². The van der Waals surface area contributed by atoms with Crippen LogP contribution in [-0.2, 0) is 17.8 Å². The van der Waals surface area contributed by atoms with Gasteiger partial charge >= 0.3 is 0 Å². The molecule has 3 nitrogen and oxygen atoms in total. The van der Waals surface area contributed by atoms with Gasteiger partial charge in [-0.3, -0.25) is 4.79 Å². The Bertz CT molecular complexity index is 894. The summed E-state index contributed by atoms with van der Waals surface area (Å²) in [5.74, 6) is -0.807. The summed E-state index contributed by atoms with van der Waals surface area (Å²) >= 11 is 1.36. The number of hydrogen-bond acceptors (Lipinski definition) is 3. The van der Waals surface area contributed by atoms with Gasteiger partial charge in [0.05, 0.1) is 12.1 Å². The quantitative estimate of drug-likeness (QED) is 0.682. The van der Waals surface area contributed by atoms with Gasteiger partial charge in [0, 0.05) is 30.1 Å². The maximum Gasteiger partial charge on any atom is 0.228 e. The van der Waals surface area contributed by atoms with Crippen molar-refractivity contribution < 1.29 is 13.6 Å². The van der Waals surface area contributed by atoms with E-state index in [-0.39, 0.29) is 30.5 Å². The lowest BCUT2D eigenvalue weighted by Gasteiger charge is -2.17. The largest absolute Gasteiger partial charge is 0.341 e. The molecule has 0 fully saturated rings. The Kier molecular flexibility index (Phi) is 5.19. The zero-order valence-electron chi connectivity index (χ0n) is 13.6. The monoisotopic (exact) mass is 358 g/mol. The Hall–Kier alpha value is -2.60. The van der Waals surface area contributed by atoms with Crippen molar-refractivity contribution in [1.82, 2.24) is 9.88 Å². The van der Waals surface area contributed by atoms with E-state index in [4.69, 9.17) is 0 Å². The smallest absolute Gasteiger partial charge is 0.228 e. The summed E-state index contributed by atoms with van der Waals surface area (Å²) in [5.41, 5.74) is 1.77. The van der Waals surface area contributed by atoms with Crippen LogP contribution in [0.4, 0.5) is 8.78 Å². The van der Waals surface area contributed by atoms with Gasteiger partial charge in [0.2, 0.25) is 5.91 Å². The van der Waals surface area contributed by atoms with Crippen LogP contribution in [0.3, 0.4) is 0 Å². The molecule has 1 amide bonds. The van der Waals surface area contributed by atoms with Gasteiger partial charge in [0.1, 0.15) is 16.6 Å². The molecule has 0 aliphatic heterocycles. The second-order valence-corrected chi connectivity index (χ2v) is 6.53. The van der Waals surface area contributed by atoms with Crippen molar-refractivity contribution in [3.05, 3.63) is 76.8 Å². The van der Waals surface area contributed by atoms with Gasteiger partial charge < -0.3 is 4.90 Å². The zero-order valence-corrected chi connectivity index (χ0v) is 14.4. The van der Waals surface area contributed by atoms with Crippen molar-refractivity contribution in [1.29, 1.82) is 0 Å². The first-order valence-electron chi connectivity index (χ1n) is 7.70. The van der Waals surface area contributed by atoms with E-state index < -0.39 is 0 Å². The number of carbonyl (C=O) groups excluding carboxylic acids is 1. The van der Waals surface area contributed by atoms with Gasteiger partial charge in [-0.1, -0.05) is 30.3 Å². The average molecular weight is 358 g/mol. The minimum absolute atomic E-state index is 0.122. The molecule has 128 valence electrons. The summed E-state index contributed by atoms with van der Waals surface area (Å²) in [6, 6.07) is 12.6. The molecule has 3 aromatic rings. The molecule has 1 aromatic heterocycles. The molecule has 0 radical (unpaired) electrons. The van der Waals surface area contributed by atoms with E-state index in [1.54, 1.807) is 42.8 Å². The molecule has 3 rings (SSSR count). The summed E-state index contributed by atoms with van der Waals surface area (Å²) < 4.78 is 27.0. The molecular formula is C19H16F2N2OS. The molecular weight excluding hydrogens is 342 g/mol. The van der Waals surface area contributed by atoms with Crippen molar-refractivity contribution in [2.75, 3.05) is 7.05 Å². The number of rotatable bonds is 5. The van der Waals surface area contributed by atoms with Crippen LogP contribution >= 0.6 is 11.3 Å². The Morgan fingerprint density at radius 1 is 1.16 bits per heavy atom. The van der Waals surface area contributed by atoms with Crippen LogP contribution < -0.4 is 0 Å². The lowest BCUT2D eigenvalue weighted by Crippen LogP contribution is -2.28. The second kappa shape index (κ2) is 7.53. The van der Waals surface area contributed by atoms with Crippen molar-refractivity contribution >= 4 is 17.2 Å². The molecule has 0 bridgehead atoms. The fourth-order valence-corrected chi connectivity index (χ4v) is 3.22. The lowest BCUT2D eigenvalue weighted by molar-refractivity contribution is -0.129. The lowest BCUT2D eigenvalue weighted by atomic mass is 10.2. The molecule has 25 heavy (non-hydrogen) atoms. The van der Waals surface area contributed by atoms with Crippen LogP contribution in [0.25, 0.3) is 10.6 Å². The van der Waals surface area contributed by atoms with Crippen LogP contribution in [0, 0.1) is 11.6 Å². The summed E-state index contributed by atoms with van der Waals surface area (Å²) in [4.78, 5) is 18.2. The minimum atomic E-state index is -0.329. The van der Waals surface area contributed by atoms with Crippen molar-refractivity contribution in [2.45, 2.75) is 13.0 Å². The molecule has 0 aliphatic rings. The van der Waals surface area contributed by atoms with Crippen LogP contribution in [0.2, 0.25) is 0 Å². The van der Waals surface area contributed by atoms with Crippen molar-refractivity contribution in [3.8, 4) is 10.6 Å². The third-order valence-corrected chi connectivity index (χ3v) is 4.69. The molecule has 0 unspecified atom stereocenters. The van der Waals surface area contributed by atoms with Gasteiger partial charge in [-0.05, 0) is 18.2 Å². The molecule has 0 saturated carbocycles. The first-order valence-corrected chi connectivity index (χ1v) is 8.58. The van der Waals surface area contributed by atoms with Gasteiger partial charge in [-0.25, -0.2) is 13.8 Å². The van der Waals surface area contributed by atoms with Crippen molar-refractivity contribution in [2.24, 2.45) is 0 Å². The van der Waals surface area contributed by atoms with E-state index >= 15 is 0 Å². The third kappa shape index (κ3) is 4.28. The highest BCUT2D eigenvalue weighted by Crippen LogP contribution is 2.24. The summed E-state index contributed by atoms with van der Waals surface area (Å²) in [7, 11) is 1.63. The SMILES string of the molecule is CN(Cc1ccccc1F)C(=O)Cc1csc(-c2cccc(F)c2)n1. The second-order valence-electron chi connectivity index (χ2n) is 5.67. The maximum absolute atomic E-state index is 13.7. The maximum atomic E-state index is 13.7. The number of aromatic nitrogens is 1. The van der Waals surface area contributed by atoms with E-state index in [0.717, 1.165) is 0 Å². The van der Waals surface area contributed by atoms with Gasteiger partial charge in [0.25, 0.3) is 0 Å². The molecule has 0 aliphatic carbocycles. The van der Waals surface area contributed by atoms with E-state index in [0.29, 0.717) is 21.8 Å². The number of hydrogen-bond donors (Lipinski definition) is 0. The van der Waals surface area contributed by atoms with Crippen LogP contribution in [-0.4, -0.2) is 22.8 Å². The molecule has 0 atom stereocenters. The summed E-state index contributed by atoms with van der Waals surface area (Å²) in [5, 5.41) is 2.45. The number of thiazole rings is 1. The van der Waals surface area contributed by atoms with Gasteiger partial charge in [-0.15, -0.1) is 11.3 Å². The normalized spacial score (nSPS) is 10.7. The zero-order chi connectivity index (χ0) is 17.8. The fourth-order valence-electron chi connectivity index (χ4n) is 2.40. The highest BCUT2D eigenvalue weighted by Gasteiger charge is 2.14. The average Bonchev–Trinajstić information content (AvgIpc) is 3.05. The van der Waals surface area contributed by atoms with E-state index in [9.17, 15) is 13.6 Å². The highest BCUT2D eigenvalue weighted by atomic mass is 32.1. The standard InChI is InChI=1S/C19H16F2N2OS/c1-23(11-14-5-2-3-8-17(14)21)18(24)10-16-12-25-19(22-16)13-6-4-7-15(20)9-13/h2-9,12H,10-11H2,1H3. The van der Waals surface area contributed by atoms with E-state index in [1.807, 2.05) is 0 Å². The summed E-state index contributed by atoms with van der Waals surface area (Å²) in [6.45, 7) is 0.201. The van der Waals surface area contributed by atoms with Crippen LogP contribution in [0.5, 0.6) is 0 Å². The predicted octanol–water partition coefficient (Wildman–Crippen LogP) is 4.29. The Balaban J connectivity index is 1.66. The Morgan fingerprint density at radius 3 is 2.72 bits per heavy atom. The number of benzene rings is 2. The predicted molar refractivity (Wildman–Crippen MR) is 94.1 cm³/mol. The number of halogens is 2. The van der Waals surface area contributed by atoms with Gasteiger partial charge in [-0.2, -0.15) is 0 Å². The number of carbonyl (C=O) groups is 1.